The number of aryl methyl sites for hydroxylation is 1. The zero-order valence-corrected chi connectivity index (χ0v) is 16.4. The van der Waals surface area contributed by atoms with Crippen molar-refractivity contribution >= 4 is 33.0 Å². The van der Waals surface area contributed by atoms with E-state index in [-0.39, 0.29) is 12.2 Å². The summed E-state index contributed by atoms with van der Waals surface area (Å²) in [7, 11) is 0. The van der Waals surface area contributed by atoms with Crippen molar-refractivity contribution < 1.29 is 4.74 Å². The topological polar surface area (TPSA) is 56.5 Å². The first-order valence-corrected chi connectivity index (χ1v) is 9.33. The fourth-order valence-corrected chi connectivity index (χ4v) is 2.99. The lowest BCUT2D eigenvalue weighted by molar-refractivity contribution is 0.370. The molecule has 0 aliphatic heterocycles. The standard InChI is InChI=1S/C21H18BrN3O2/c1-3-6-20-24-19-10-9-16(22)13-18(19)21(26)25(20)23-14-15-7-5-8-17(12-15)27-11-4-2/h2,5,7-10,12-14H,3,6,11H2,1H3. The zero-order chi connectivity index (χ0) is 19.2. The van der Waals surface area contributed by atoms with Crippen molar-refractivity contribution in [2.75, 3.05) is 6.61 Å². The Morgan fingerprint density at radius 2 is 2.19 bits per heavy atom. The van der Waals surface area contributed by atoms with Crippen molar-refractivity contribution in [3.05, 3.63) is 68.7 Å². The molecule has 1 heterocycles. The van der Waals surface area contributed by atoms with Crippen LogP contribution in [0.3, 0.4) is 0 Å². The van der Waals surface area contributed by atoms with Crippen LogP contribution in [0.15, 0.2) is 56.8 Å². The summed E-state index contributed by atoms with van der Waals surface area (Å²) >= 11 is 3.40. The highest BCUT2D eigenvalue weighted by molar-refractivity contribution is 9.10. The smallest absolute Gasteiger partial charge is 0.282 e. The molecule has 0 aliphatic carbocycles. The Morgan fingerprint density at radius 1 is 1.33 bits per heavy atom. The Balaban J connectivity index is 2.04. The molecule has 2 aromatic carbocycles. The van der Waals surface area contributed by atoms with Crippen molar-refractivity contribution in [1.29, 1.82) is 0 Å². The van der Waals surface area contributed by atoms with Crippen LogP contribution in [0.5, 0.6) is 5.75 Å². The van der Waals surface area contributed by atoms with Crippen LogP contribution in [0.2, 0.25) is 0 Å². The Kier molecular flexibility index (Phi) is 6.05. The number of ether oxygens (including phenoxy) is 1. The summed E-state index contributed by atoms with van der Waals surface area (Å²) in [6.45, 7) is 2.24. The van der Waals surface area contributed by atoms with Crippen LogP contribution < -0.4 is 10.3 Å². The summed E-state index contributed by atoms with van der Waals surface area (Å²) in [4.78, 5) is 17.6. The molecule has 3 rings (SSSR count). The second-order valence-corrected chi connectivity index (χ2v) is 6.78. The maximum atomic E-state index is 12.9. The first kappa shape index (κ1) is 18.9. The van der Waals surface area contributed by atoms with Crippen molar-refractivity contribution in [3.8, 4) is 18.1 Å². The first-order chi connectivity index (χ1) is 13.1. The van der Waals surface area contributed by atoms with Crippen molar-refractivity contribution in [1.82, 2.24) is 9.66 Å². The third-order valence-electron chi connectivity index (χ3n) is 3.85. The monoisotopic (exact) mass is 423 g/mol. The molecule has 0 saturated carbocycles. The number of nitrogens with zero attached hydrogens (tertiary/aromatic N) is 3. The fourth-order valence-electron chi connectivity index (χ4n) is 2.63. The van der Waals surface area contributed by atoms with Gasteiger partial charge >= 0.3 is 0 Å². The van der Waals surface area contributed by atoms with Crippen LogP contribution in [0.4, 0.5) is 0 Å². The molecular formula is C21H18BrN3O2. The van der Waals surface area contributed by atoms with Crippen LogP contribution in [-0.2, 0) is 6.42 Å². The number of terminal acetylenes is 1. The van der Waals surface area contributed by atoms with Gasteiger partial charge in [0, 0.05) is 10.9 Å². The van der Waals surface area contributed by atoms with Gasteiger partial charge in [-0.1, -0.05) is 40.9 Å². The van der Waals surface area contributed by atoms with Gasteiger partial charge in [0.1, 0.15) is 18.2 Å². The molecule has 0 N–H and O–H groups in total. The van der Waals surface area contributed by atoms with Gasteiger partial charge < -0.3 is 4.74 Å². The minimum Gasteiger partial charge on any atom is -0.481 e. The largest absolute Gasteiger partial charge is 0.481 e. The first-order valence-electron chi connectivity index (χ1n) is 8.54. The van der Waals surface area contributed by atoms with Gasteiger partial charge in [-0.2, -0.15) is 9.78 Å². The van der Waals surface area contributed by atoms with Gasteiger partial charge in [0.15, 0.2) is 0 Å². The third-order valence-corrected chi connectivity index (χ3v) is 4.34. The molecule has 0 bridgehead atoms. The van der Waals surface area contributed by atoms with Crippen molar-refractivity contribution in [2.45, 2.75) is 19.8 Å². The molecule has 0 radical (unpaired) electrons. The highest BCUT2D eigenvalue weighted by Crippen LogP contribution is 2.17. The lowest BCUT2D eigenvalue weighted by Crippen LogP contribution is -2.22. The van der Waals surface area contributed by atoms with Crippen LogP contribution in [-0.4, -0.2) is 22.5 Å². The molecule has 0 saturated heterocycles. The summed E-state index contributed by atoms with van der Waals surface area (Å²) in [6.07, 6.45) is 8.35. The molecular weight excluding hydrogens is 406 g/mol. The van der Waals surface area contributed by atoms with Crippen LogP contribution in [0.1, 0.15) is 24.7 Å². The molecule has 0 amide bonds. The van der Waals surface area contributed by atoms with Crippen molar-refractivity contribution in [3.63, 3.8) is 0 Å². The van der Waals surface area contributed by atoms with Crippen LogP contribution in [0, 0.1) is 12.3 Å². The molecule has 5 nitrogen and oxygen atoms in total. The average molecular weight is 424 g/mol. The highest BCUT2D eigenvalue weighted by Gasteiger charge is 2.10. The molecule has 1 aromatic heterocycles. The SMILES string of the molecule is C#CCOc1cccc(C=Nn2c(CCC)nc3ccc(Br)cc3c2=O)c1. The van der Waals surface area contributed by atoms with Crippen LogP contribution in [0.25, 0.3) is 10.9 Å². The lowest BCUT2D eigenvalue weighted by Gasteiger charge is -2.09. The molecule has 0 atom stereocenters. The van der Waals surface area contributed by atoms with Gasteiger partial charge in [0.25, 0.3) is 5.56 Å². The number of benzene rings is 2. The Hall–Kier alpha value is -2.91. The van der Waals surface area contributed by atoms with Gasteiger partial charge in [0.2, 0.25) is 0 Å². The second kappa shape index (κ2) is 8.65. The molecule has 136 valence electrons. The van der Waals surface area contributed by atoms with E-state index in [0.717, 1.165) is 16.5 Å². The predicted octanol–water partition coefficient (Wildman–Crippen LogP) is 4.01. The van der Waals surface area contributed by atoms with Gasteiger partial charge in [-0.3, -0.25) is 4.79 Å². The molecule has 0 fully saturated rings. The summed E-state index contributed by atoms with van der Waals surface area (Å²) in [5.41, 5.74) is 1.27. The van der Waals surface area contributed by atoms with E-state index >= 15 is 0 Å². The molecule has 0 aliphatic rings. The average Bonchev–Trinajstić information content (AvgIpc) is 2.67. The summed E-state index contributed by atoms with van der Waals surface area (Å²) in [5, 5.41) is 4.92. The summed E-state index contributed by atoms with van der Waals surface area (Å²) < 4.78 is 7.61. The van der Waals surface area contributed by atoms with E-state index in [4.69, 9.17) is 11.2 Å². The van der Waals surface area contributed by atoms with E-state index in [0.29, 0.717) is 28.9 Å². The van der Waals surface area contributed by atoms with E-state index in [1.165, 1.54) is 4.68 Å². The lowest BCUT2D eigenvalue weighted by atomic mass is 10.2. The van der Waals surface area contributed by atoms with E-state index in [1.807, 2.05) is 43.3 Å². The number of fused-ring (bicyclic) bond motifs is 1. The fraction of sp³-hybridized carbons (Fsp3) is 0.190. The quantitative estimate of drug-likeness (QED) is 0.444. The number of hydrogen-bond donors (Lipinski definition) is 0. The molecule has 3 aromatic rings. The van der Waals surface area contributed by atoms with Gasteiger partial charge in [-0.05, 0) is 42.3 Å². The summed E-state index contributed by atoms with van der Waals surface area (Å²) in [5.74, 6) is 3.71. The second-order valence-electron chi connectivity index (χ2n) is 5.87. The Bertz CT molecular complexity index is 1100. The number of hydrogen-bond acceptors (Lipinski definition) is 4. The van der Waals surface area contributed by atoms with Gasteiger partial charge in [0.05, 0.1) is 17.1 Å². The van der Waals surface area contributed by atoms with Crippen molar-refractivity contribution in [2.24, 2.45) is 5.10 Å². The number of rotatable bonds is 6. The zero-order valence-electron chi connectivity index (χ0n) is 14.9. The molecule has 0 unspecified atom stereocenters. The number of halogens is 1. The number of aromatic nitrogens is 2. The summed E-state index contributed by atoms with van der Waals surface area (Å²) in [6, 6.07) is 12.8. The van der Waals surface area contributed by atoms with Gasteiger partial charge in [-0.15, -0.1) is 6.42 Å². The van der Waals surface area contributed by atoms with E-state index in [2.05, 4.69) is 31.9 Å². The van der Waals surface area contributed by atoms with E-state index in [1.54, 1.807) is 12.3 Å². The molecule has 0 spiro atoms. The van der Waals surface area contributed by atoms with Gasteiger partial charge in [-0.25, -0.2) is 4.98 Å². The predicted molar refractivity (Wildman–Crippen MR) is 111 cm³/mol. The third kappa shape index (κ3) is 4.44. The minimum atomic E-state index is -0.194. The minimum absolute atomic E-state index is 0.194. The Morgan fingerprint density at radius 3 is 2.96 bits per heavy atom. The van der Waals surface area contributed by atoms with E-state index < -0.39 is 0 Å². The molecule has 27 heavy (non-hydrogen) atoms. The van der Waals surface area contributed by atoms with E-state index in [9.17, 15) is 4.79 Å². The highest BCUT2D eigenvalue weighted by atomic mass is 79.9. The maximum absolute atomic E-state index is 12.9. The Labute approximate surface area is 165 Å². The molecule has 6 heteroatoms. The normalized spacial score (nSPS) is 11.0. The maximum Gasteiger partial charge on any atom is 0.282 e. The van der Waals surface area contributed by atoms with Crippen LogP contribution >= 0.6 is 15.9 Å².